The average Bonchev–Trinajstić information content (AvgIpc) is 3.32. The van der Waals surface area contributed by atoms with Gasteiger partial charge in [-0.05, 0) is 0 Å². The summed E-state index contributed by atoms with van der Waals surface area (Å²) in [4.78, 5) is 28.6. The number of thiazole rings is 1. The van der Waals surface area contributed by atoms with Gasteiger partial charge < -0.3 is 0 Å². The number of halogens is 1. The van der Waals surface area contributed by atoms with E-state index < -0.39 is 27.1 Å². The van der Waals surface area contributed by atoms with Crippen molar-refractivity contribution in [1.82, 2.24) is 4.98 Å². The van der Waals surface area contributed by atoms with Gasteiger partial charge in [0.2, 0.25) is 0 Å². The molecule has 0 bridgehead atoms. The van der Waals surface area contributed by atoms with Crippen LogP contribution in [0.2, 0.25) is 0 Å². The molecule has 0 radical (unpaired) electrons. The summed E-state index contributed by atoms with van der Waals surface area (Å²) >= 11 is 1.67. The van der Waals surface area contributed by atoms with Crippen molar-refractivity contribution in [3.8, 4) is 16.3 Å². The van der Waals surface area contributed by atoms with E-state index in [0.29, 0.717) is 57.9 Å². The fourth-order valence-corrected chi connectivity index (χ4v) is 12.3. The van der Waals surface area contributed by atoms with Crippen LogP contribution >= 0.6 is 27.2 Å². The Labute approximate surface area is 233 Å². The van der Waals surface area contributed by atoms with Crippen LogP contribution in [-0.4, -0.2) is 53.2 Å². The molecule has 0 saturated carbocycles. The summed E-state index contributed by atoms with van der Waals surface area (Å²) in [7, 11) is -7.63. The molecule has 214 valence electrons. The zero-order valence-corrected chi connectivity index (χ0v) is 24.8. The van der Waals surface area contributed by atoms with Crippen LogP contribution in [0.3, 0.4) is 0 Å². The molecule has 1 aromatic heterocycles. The molecule has 0 spiro atoms. The third kappa shape index (κ3) is 7.02. The molecule has 0 aliphatic carbocycles. The van der Waals surface area contributed by atoms with Crippen molar-refractivity contribution in [2.24, 2.45) is 0 Å². The molecule has 2 aliphatic heterocycles. The number of ether oxygens (including phenoxy) is 1. The molecule has 12 heteroatoms. The molecule has 0 atom stereocenters. The first kappa shape index (κ1) is 28.9. The van der Waals surface area contributed by atoms with Crippen molar-refractivity contribution in [2.75, 3.05) is 33.0 Å². The molecule has 2 fully saturated rings. The van der Waals surface area contributed by atoms with Crippen LogP contribution in [-0.2, 0) is 30.9 Å². The van der Waals surface area contributed by atoms with E-state index in [1.165, 1.54) is 6.07 Å². The predicted octanol–water partition coefficient (Wildman–Crippen LogP) is 5.99. The van der Waals surface area contributed by atoms with E-state index in [9.17, 15) is 14.2 Å². The quantitative estimate of drug-likeness (QED) is 0.217. The minimum absolute atomic E-state index is 0.115. The molecule has 2 saturated heterocycles. The predicted molar refractivity (Wildman–Crippen MR) is 154 cm³/mol. The number of hydrogen-bond acceptors (Lipinski definition) is 9. The Morgan fingerprint density at radius 2 is 1.62 bits per heavy atom. The van der Waals surface area contributed by atoms with Gasteiger partial charge in [0.15, 0.2) is 0 Å². The van der Waals surface area contributed by atoms with E-state index in [4.69, 9.17) is 27.8 Å². The van der Waals surface area contributed by atoms with Gasteiger partial charge in [-0.15, -0.1) is 0 Å². The number of hydrogen-bond donors (Lipinski definition) is 2. The van der Waals surface area contributed by atoms with Gasteiger partial charge in [-0.25, -0.2) is 0 Å². The van der Waals surface area contributed by atoms with Crippen LogP contribution < -0.4 is 4.74 Å². The van der Waals surface area contributed by atoms with Gasteiger partial charge in [0.1, 0.15) is 0 Å². The van der Waals surface area contributed by atoms with Crippen LogP contribution in [0.25, 0.3) is 10.6 Å². The van der Waals surface area contributed by atoms with Crippen LogP contribution in [0, 0.1) is 12.7 Å². The molecule has 2 aliphatic rings. The molecule has 0 unspecified atom stereocenters. The Balaban J connectivity index is 1.24. The van der Waals surface area contributed by atoms with E-state index >= 15 is 0 Å². The molecule has 2 aromatic carbocycles. The fourth-order valence-electron chi connectivity index (χ4n) is 4.77. The van der Waals surface area contributed by atoms with E-state index in [0.717, 1.165) is 27.6 Å². The normalized spacial score (nSPS) is 21.1. The monoisotopic (exact) mass is 599 g/mol. The summed E-state index contributed by atoms with van der Waals surface area (Å²) in [5.41, 5.74) is 2.78. The number of nitrogens with zero attached hydrogens (tertiary/aromatic N) is 1. The summed E-state index contributed by atoms with van der Waals surface area (Å²) in [6.45, 7) is 3.74. The second-order valence-corrected chi connectivity index (χ2v) is 16.6. The van der Waals surface area contributed by atoms with Gasteiger partial charge in [0.25, 0.3) is 0 Å². The summed E-state index contributed by atoms with van der Waals surface area (Å²) in [6, 6.07) is 14.6. The Morgan fingerprint density at radius 1 is 0.974 bits per heavy atom. The standard InChI is InChI=1S/C27H36FNO7P2S/c1-20-24(29-27(39-20)22-8-3-2-4-9-22)10-5-13-32-25-18-21(11-12-23(25)28)19-26(37(30)33-14-6-15-34-37)38(31)35-16-7-17-36-38/h2-4,8-9,11-12,18,26,30-31,37-38H,5-7,10,13-17,19H2,1H3. The van der Waals surface area contributed by atoms with Gasteiger partial charge in [-0.3, -0.25) is 0 Å². The molecule has 5 rings (SSSR count). The Morgan fingerprint density at radius 3 is 2.26 bits per heavy atom. The zero-order valence-electron chi connectivity index (χ0n) is 21.9. The van der Waals surface area contributed by atoms with Crippen molar-refractivity contribution in [3.05, 3.63) is 70.5 Å². The van der Waals surface area contributed by atoms with Crippen molar-refractivity contribution in [3.63, 3.8) is 0 Å². The summed E-state index contributed by atoms with van der Waals surface area (Å²) in [5.74, 6) is -0.363. The molecule has 3 heterocycles. The first-order chi connectivity index (χ1) is 18.9. The number of aryl methyl sites for hydroxylation is 2. The van der Waals surface area contributed by atoms with Gasteiger partial charge in [-0.2, -0.15) is 0 Å². The average molecular weight is 600 g/mol. The van der Waals surface area contributed by atoms with Gasteiger partial charge in [-0.1, -0.05) is 30.3 Å². The van der Waals surface area contributed by atoms with Crippen molar-refractivity contribution >= 4 is 27.2 Å². The van der Waals surface area contributed by atoms with E-state index in [1.807, 2.05) is 30.3 Å². The second-order valence-electron chi connectivity index (χ2n) is 9.72. The Hall–Kier alpha value is -1.58. The topological polar surface area (TPSA) is 99.5 Å². The van der Waals surface area contributed by atoms with Crippen LogP contribution in [0.5, 0.6) is 5.75 Å². The fraction of sp³-hybridized carbons (Fsp3) is 0.444. The maximum absolute atomic E-state index is 14.7. The van der Waals surface area contributed by atoms with Gasteiger partial charge >= 0.3 is 198 Å². The summed E-state index contributed by atoms with van der Waals surface area (Å²) < 4.78 is 43.3. The molecular formula is C27H36FNO7P2S. The van der Waals surface area contributed by atoms with Crippen molar-refractivity contribution < 1.29 is 37.0 Å². The maximum atomic E-state index is 14.7. The van der Waals surface area contributed by atoms with Crippen molar-refractivity contribution in [2.45, 2.75) is 44.4 Å². The Bertz CT molecular complexity index is 1210. The first-order valence-electron chi connectivity index (χ1n) is 13.3. The minimum atomic E-state index is -3.82. The molecule has 0 amide bonds. The number of rotatable bonds is 10. The first-order valence-corrected chi connectivity index (χ1v) is 17.8. The number of benzene rings is 2. The second kappa shape index (κ2) is 12.9. The zero-order chi connectivity index (χ0) is 27.3. The molecule has 8 nitrogen and oxygen atoms in total. The molecular weight excluding hydrogens is 563 g/mol. The molecule has 2 N–H and O–H groups in total. The SMILES string of the molecule is Cc1sc(-c2ccccc2)nc1CCCOc1cc(CC([PH]2(O)OCCCO2)[PH]2(O)OCCCO2)ccc1F. The molecule has 3 aromatic rings. The van der Waals surface area contributed by atoms with E-state index in [-0.39, 0.29) is 12.2 Å². The number of aromatic nitrogens is 1. The van der Waals surface area contributed by atoms with Gasteiger partial charge in [0, 0.05) is 5.56 Å². The van der Waals surface area contributed by atoms with Gasteiger partial charge in [0.05, 0.1) is 0 Å². The third-order valence-electron chi connectivity index (χ3n) is 6.86. The summed E-state index contributed by atoms with van der Waals surface area (Å²) in [5, 5.41) is 0.125. The molecule has 39 heavy (non-hydrogen) atoms. The van der Waals surface area contributed by atoms with Crippen LogP contribution in [0.1, 0.15) is 35.4 Å². The van der Waals surface area contributed by atoms with Crippen molar-refractivity contribution in [1.29, 1.82) is 0 Å². The third-order valence-corrected chi connectivity index (χ3v) is 14.7. The van der Waals surface area contributed by atoms with Crippen LogP contribution in [0.4, 0.5) is 4.39 Å². The van der Waals surface area contributed by atoms with E-state index in [1.54, 1.807) is 23.5 Å². The summed E-state index contributed by atoms with van der Waals surface area (Å²) in [6.07, 6.45) is 2.87. The Kier molecular flexibility index (Phi) is 9.60. The van der Waals surface area contributed by atoms with Crippen LogP contribution in [0.15, 0.2) is 48.5 Å². The van der Waals surface area contributed by atoms with E-state index in [2.05, 4.69) is 6.92 Å².